The summed E-state index contributed by atoms with van der Waals surface area (Å²) >= 11 is 0. The molecule has 1 saturated heterocycles. The number of hydrogen-bond acceptors (Lipinski definition) is 5. The molecule has 0 saturated carbocycles. The molecule has 0 atom stereocenters. The monoisotopic (exact) mass is 302 g/mol. The number of nitrogens with two attached hydrogens (primary N) is 1. The van der Waals surface area contributed by atoms with E-state index >= 15 is 0 Å². The molecule has 0 aromatic carbocycles. The van der Waals surface area contributed by atoms with E-state index in [0.717, 1.165) is 12.8 Å². The van der Waals surface area contributed by atoms with Crippen molar-refractivity contribution in [1.29, 1.82) is 0 Å². The Kier molecular flexibility index (Phi) is 4.85. The van der Waals surface area contributed by atoms with Crippen LogP contribution < -0.4 is 10.5 Å². The van der Waals surface area contributed by atoms with Crippen molar-refractivity contribution in [3.63, 3.8) is 0 Å². The van der Waals surface area contributed by atoms with Gasteiger partial charge in [-0.15, -0.1) is 0 Å². The molecule has 2 rings (SSSR count). The molecule has 1 aliphatic rings. The van der Waals surface area contributed by atoms with Crippen molar-refractivity contribution < 1.29 is 17.6 Å². The largest absolute Gasteiger partial charge is 0.465 e. The van der Waals surface area contributed by atoms with Gasteiger partial charge in [-0.2, -0.15) is 0 Å². The lowest BCUT2D eigenvalue weighted by Gasteiger charge is -2.22. The summed E-state index contributed by atoms with van der Waals surface area (Å²) in [7, 11) is -3.58. The number of furan rings is 1. The number of aryl methyl sites for hydroxylation is 2. The summed E-state index contributed by atoms with van der Waals surface area (Å²) in [6.07, 6.45) is 1.77. The Bertz CT molecular complexity index is 559. The molecular formula is C13H22N2O4S. The van der Waals surface area contributed by atoms with Crippen LogP contribution in [0.2, 0.25) is 0 Å². The van der Waals surface area contributed by atoms with Gasteiger partial charge in [0.1, 0.15) is 16.4 Å². The van der Waals surface area contributed by atoms with Gasteiger partial charge in [0, 0.05) is 31.9 Å². The molecule has 1 aromatic heterocycles. The van der Waals surface area contributed by atoms with Gasteiger partial charge in [-0.05, 0) is 32.6 Å². The fraction of sp³-hybridized carbons (Fsp3) is 0.692. The first kappa shape index (κ1) is 15.5. The van der Waals surface area contributed by atoms with Crippen LogP contribution in [0.4, 0.5) is 0 Å². The van der Waals surface area contributed by atoms with E-state index < -0.39 is 10.0 Å². The second-order valence-corrected chi connectivity index (χ2v) is 6.84. The van der Waals surface area contributed by atoms with Gasteiger partial charge >= 0.3 is 0 Å². The summed E-state index contributed by atoms with van der Waals surface area (Å²) in [5.74, 6) is 1.28. The van der Waals surface area contributed by atoms with Crippen LogP contribution in [-0.4, -0.2) is 28.2 Å². The molecule has 2 heterocycles. The first-order chi connectivity index (χ1) is 9.45. The highest BCUT2D eigenvalue weighted by molar-refractivity contribution is 7.89. The number of sulfonamides is 1. The Morgan fingerprint density at radius 3 is 2.50 bits per heavy atom. The van der Waals surface area contributed by atoms with Crippen LogP contribution in [0.25, 0.3) is 0 Å². The Morgan fingerprint density at radius 2 is 1.90 bits per heavy atom. The molecule has 1 aliphatic heterocycles. The Hall–Kier alpha value is -0.890. The maximum absolute atomic E-state index is 12.4. The van der Waals surface area contributed by atoms with E-state index in [1.54, 1.807) is 13.8 Å². The number of rotatable bonds is 5. The summed E-state index contributed by atoms with van der Waals surface area (Å²) in [5, 5.41) is 0. The summed E-state index contributed by atoms with van der Waals surface area (Å²) in [4.78, 5) is 0.199. The molecule has 0 radical (unpaired) electrons. The van der Waals surface area contributed by atoms with Crippen LogP contribution in [0.15, 0.2) is 9.31 Å². The van der Waals surface area contributed by atoms with E-state index in [4.69, 9.17) is 14.9 Å². The third-order valence-corrected chi connectivity index (χ3v) is 5.32. The average molecular weight is 302 g/mol. The molecular weight excluding hydrogens is 280 g/mol. The highest BCUT2D eigenvalue weighted by Crippen LogP contribution is 2.26. The van der Waals surface area contributed by atoms with Gasteiger partial charge < -0.3 is 14.9 Å². The number of nitrogens with one attached hydrogen (secondary N) is 1. The van der Waals surface area contributed by atoms with E-state index in [9.17, 15) is 8.42 Å². The van der Waals surface area contributed by atoms with Crippen LogP contribution in [-0.2, 0) is 21.3 Å². The minimum atomic E-state index is -3.58. The summed E-state index contributed by atoms with van der Waals surface area (Å²) in [5.41, 5.74) is 6.19. The molecule has 1 fully saturated rings. The lowest BCUT2D eigenvalue weighted by molar-refractivity contribution is 0.0678. The first-order valence-electron chi connectivity index (χ1n) is 6.82. The fourth-order valence-electron chi connectivity index (χ4n) is 2.55. The second-order valence-electron chi connectivity index (χ2n) is 5.13. The normalized spacial score (nSPS) is 17.6. The number of hydrogen-bond donors (Lipinski definition) is 2. The summed E-state index contributed by atoms with van der Waals surface area (Å²) in [6, 6.07) is 0. The van der Waals surface area contributed by atoms with Gasteiger partial charge in [0.15, 0.2) is 0 Å². The van der Waals surface area contributed by atoms with Crippen molar-refractivity contribution in [2.45, 2.75) is 38.1 Å². The third-order valence-electron chi connectivity index (χ3n) is 3.70. The highest BCUT2D eigenvalue weighted by atomic mass is 32.2. The minimum absolute atomic E-state index is 0.149. The molecule has 20 heavy (non-hydrogen) atoms. The van der Waals surface area contributed by atoms with Crippen molar-refractivity contribution in [1.82, 2.24) is 4.72 Å². The first-order valence-corrected chi connectivity index (χ1v) is 8.30. The molecule has 1 aromatic rings. The average Bonchev–Trinajstić information content (AvgIpc) is 2.72. The maximum atomic E-state index is 12.4. The van der Waals surface area contributed by atoms with E-state index in [1.165, 1.54) is 0 Å². The number of ether oxygens (including phenoxy) is 1. The standard InChI is InChI=1S/C13H22N2O4S/c1-9-12(7-14)13(10(2)19-9)20(16,17)15-8-11-3-5-18-6-4-11/h11,15H,3-8,14H2,1-2H3. The van der Waals surface area contributed by atoms with Crippen molar-refractivity contribution >= 4 is 10.0 Å². The second kappa shape index (κ2) is 6.26. The van der Waals surface area contributed by atoms with Crippen molar-refractivity contribution in [3.05, 3.63) is 17.1 Å². The molecule has 7 heteroatoms. The topological polar surface area (TPSA) is 94.6 Å². The molecule has 0 unspecified atom stereocenters. The molecule has 0 bridgehead atoms. The maximum Gasteiger partial charge on any atom is 0.244 e. The van der Waals surface area contributed by atoms with Gasteiger partial charge in [0.05, 0.1) is 0 Å². The van der Waals surface area contributed by atoms with Crippen molar-refractivity contribution in [2.75, 3.05) is 19.8 Å². The quantitative estimate of drug-likeness (QED) is 0.848. The zero-order valence-corrected chi connectivity index (χ0v) is 12.8. The fourth-order valence-corrected chi connectivity index (χ4v) is 4.12. The zero-order valence-electron chi connectivity index (χ0n) is 11.9. The molecule has 114 valence electrons. The Balaban J connectivity index is 2.13. The van der Waals surface area contributed by atoms with Crippen LogP contribution in [0.1, 0.15) is 29.9 Å². The van der Waals surface area contributed by atoms with E-state index in [-0.39, 0.29) is 11.4 Å². The molecule has 0 aliphatic carbocycles. The zero-order chi connectivity index (χ0) is 14.8. The van der Waals surface area contributed by atoms with Crippen LogP contribution in [0, 0.1) is 19.8 Å². The van der Waals surface area contributed by atoms with Crippen LogP contribution in [0.5, 0.6) is 0 Å². The molecule has 0 amide bonds. The van der Waals surface area contributed by atoms with Gasteiger partial charge in [0.2, 0.25) is 10.0 Å². The molecule has 6 nitrogen and oxygen atoms in total. The highest BCUT2D eigenvalue weighted by Gasteiger charge is 2.27. The molecule has 3 N–H and O–H groups in total. The van der Waals surface area contributed by atoms with Gasteiger partial charge in [-0.25, -0.2) is 13.1 Å². The van der Waals surface area contributed by atoms with Gasteiger partial charge in [-0.1, -0.05) is 0 Å². The Morgan fingerprint density at radius 1 is 1.25 bits per heavy atom. The smallest absolute Gasteiger partial charge is 0.244 e. The van der Waals surface area contributed by atoms with Crippen molar-refractivity contribution in [2.24, 2.45) is 11.7 Å². The Labute approximate surface area is 119 Å². The van der Waals surface area contributed by atoms with E-state index in [0.29, 0.717) is 42.8 Å². The van der Waals surface area contributed by atoms with Crippen molar-refractivity contribution in [3.8, 4) is 0 Å². The van der Waals surface area contributed by atoms with E-state index in [2.05, 4.69) is 4.72 Å². The third kappa shape index (κ3) is 3.22. The lowest BCUT2D eigenvalue weighted by Crippen LogP contribution is -2.32. The predicted octanol–water partition coefficient (Wildman–Crippen LogP) is 1.06. The molecule has 0 spiro atoms. The summed E-state index contributed by atoms with van der Waals surface area (Å²) in [6.45, 7) is 5.35. The lowest BCUT2D eigenvalue weighted by atomic mass is 10.0. The van der Waals surface area contributed by atoms with Gasteiger partial charge in [0.25, 0.3) is 0 Å². The minimum Gasteiger partial charge on any atom is -0.465 e. The predicted molar refractivity (Wildman–Crippen MR) is 74.8 cm³/mol. The van der Waals surface area contributed by atoms with Gasteiger partial charge in [-0.3, -0.25) is 0 Å². The van der Waals surface area contributed by atoms with Crippen LogP contribution >= 0.6 is 0 Å². The SMILES string of the molecule is Cc1oc(C)c(S(=O)(=O)NCC2CCOCC2)c1CN. The van der Waals surface area contributed by atoms with E-state index in [1.807, 2.05) is 0 Å². The summed E-state index contributed by atoms with van der Waals surface area (Å²) < 4.78 is 38.2. The van der Waals surface area contributed by atoms with Crippen LogP contribution in [0.3, 0.4) is 0 Å².